The van der Waals surface area contributed by atoms with Crippen LogP contribution in [0.2, 0.25) is 0 Å². The number of hydrogen-bond acceptors (Lipinski definition) is 1. The topological polar surface area (TPSA) is 8.17 Å². The Balaban J connectivity index is 1.10. The van der Waals surface area contributed by atoms with Crippen LogP contribution in [0.3, 0.4) is 0 Å². The van der Waals surface area contributed by atoms with Crippen molar-refractivity contribution in [3.8, 4) is 27.9 Å². The van der Waals surface area contributed by atoms with Crippen molar-refractivity contribution in [2.24, 2.45) is 0 Å². The van der Waals surface area contributed by atoms with Crippen LogP contribution in [0.4, 0.5) is 17.1 Å². The number of anilines is 3. The molecule has 1 aromatic heterocycles. The van der Waals surface area contributed by atoms with Crippen molar-refractivity contribution in [2.45, 2.75) is 0 Å². The summed E-state index contributed by atoms with van der Waals surface area (Å²) in [5, 5.41) is 5.24. The smallest absolute Gasteiger partial charge is 0.0547 e. The molecule has 0 bridgehead atoms. The molecule has 0 amide bonds. The molecule has 0 aliphatic carbocycles. The second-order valence-electron chi connectivity index (χ2n) is 11.8. The molecule has 0 fully saturated rings. The van der Waals surface area contributed by atoms with E-state index in [2.05, 4.69) is 191 Å². The SMILES string of the molecule is c1ccc(-c2ccc(N(c3ccccc3)c3cccc(-c4ccc(-n5c6cccc7ccc8cccc5c8c76)cc4)c3)cc2)cc1. The van der Waals surface area contributed by atoms with E-state index in [9.17, 15) is 0 Å². The van der Waals surface area contributed by atoms with E-state index in [1.165, 1.54) is 60.5 Å². The first kappa shape index (κ1) is 26.3. The first-order valence-corrected chi connectivity index (χ1v) is 15.8. The van der Waals surface area contributed by atoms with Gasteiger partial charge >= 0.3 is 0 Å². The van der Waals surface area contributed by atoms with Crippen LogP contribution in [-0.4, -0.2) is 4.57 Å². The zero-order valence-electron chi connectivity index (χ0n) is 25.2. The summed E-state index contributed by atoms with van der Waals surface area (Å²) in [4.78, 5) is 2.33. The van der Waals surface area contributed by atoms with Gasteiger partial charge in [0.15, 0.2) is 0 Å². The van der Waals surface area contributed by atoms with E-state index < -0.39 is 0 Å². The Kier molecular flexibility index (Phi) is 6.17. The Morgan fingerprint density at radius 1 is 0.326 bits per heavy atom. The van der Waals surface area contributed by atoms with E-state index in [-0.39, 0.29) is 0 Å². The van der Waals surface area contributed by atoms with Gasteiger partial charge in [0.1, 0.15) is 0 Å². The second kappa shape index (κ2) is 10.8. The summed E-state index contributed by atoms with van der Waals surface area (Å²) < 4.78 is 2.40. The summed E-state index contributed by atoms with van der Waals surface area (Å²) in [6, 6.07) is 65.5. The molecule has 0 unspecified atom stereocenters. The van der Waals surface area contributed by atoms with Crippen LogP contribution >= 0.6 is 0 Å². The molecule has 2 nitrogen and oxygen atoms in total. The highest BCUT2D eigenvalue weighted by Crippen LogP contribution is 2.40. The minimum absolute atomic E-state index is 1.12. The summed E-state index contributed by atoms with van der Waals surface area (Å²) in [6.07, 6.45) is 0. The molecule has 0 atom stereocenters. The number of benzene rings is 8. The predicted molar refractivity (Wildman–Crippen MR) is 195 cm³/mol. The Morgan fingerprint density at radius 3 is 1.46 bits per heavy atom. The van der Waals surface area contributed by atoms with Crippen LogP contribution in [0.15, 0.2) is 182 Å². The van der Waals surface area contributed by atoms with Gasteiger partial charge in [-0.25, -0.2) is 0 Å². The standard InChI is InChI=1S/C44H30N2/c1-3-10-31(11-4-1)32-22-26-38(27-23-32)45(37-15-5-2-6-16-37)40-17-7-14-36(30-40)33-24-28-39(29-25-33)46-41-18-8-12-34-20-21-35-13-9-19-42(46)44(35)43(34)41/h1-30H. The maximum atomic E-state index is 2.40. The third kappa shape index (κ3) is 4.35. The molecule has 0 aliphatic heterocycles. The lowest BCUT2D eigenvalue weighted by atomic mass is 10.0. The monoisotopic (exact) mass is 586 g/mol. The highest BCUT2D eigenvalue weighted by Gasteiger charge is 2.17. The summed E-state index contributed by atoms with van der Waals surface area (Å²) >= 11 is 0. The highest BCUT2D eigenvalue weighted by atomic mass is 15.1. The quantitative estimate of drug-likeness (QED) is 0.176. The van der Waals surface area contributed by atoms with Gasteiger partial charge in [-0.2, -0.15) is 0 Å². The van der Waals surface area contributed by atoms with Gasteiger partial charge in [0.25, 0.3) is 0 Å². The van der Waals surface area contributed by atoms with Gasteiger partial charge in [0.05, 0.1) is 11.0 Å². The van der Waals surface area contributed by atoms with Crippen LogP contribution in [-0.2, 0) is 0 Å². The lowest BCUT2D eigenvalue weighted by molar-refractivity contribution is 1.18. The van der Waals surface area contributed by atoms with Gasteiger partial charge in [0, 0.05) is 33.5 Å². The van der Waals surface area contributed by atoms with Crippen LogP contribution < -0.4 is 4.90 Å². The molecule has 1 heterocycles. The van der Waals surface area contributed by atoms with Gasteiger partial charge in [-0.15, -0.1) is 0 Å². The molecule has 8 aromatic carbocycles. The van der Waals surface area contributed by atoms with Gasteiger partial charge in [0.2, 0.25) is 0 Å². The van der Waals surface area contributed by atoms with E-state index in [4.69, 9.17) is 0 Å². The second-order valence-corrected chi connectivity index (χ2v) is 11.8. The third-order valence-electron chi connectivity index (χ3n) is 9.13. The lowest BCUT2D eigenvalue weighted by Gasteiger charge is -2.26. The normalized spacial score (nSPS) is 11.5. The van der Waals surface area contributed by atoms with Crippen molar-refractivity contribution in [1.29, 1.82) is 0 Å². The Hall–Kier alpha value is -6.12. The molecule has 9 aromatic rings. The summed E-state index contributed by atoms with van der Waals surface area (Å²) in [7, 11) is 0. The molecule has 216 valence electrons. The van der Waals surface area contributed by atoms with E-state index in [1.54, 1.807) is 0 Å². The number of hydrogen-bond donors (Lipinski definition) is 0. The van der Waals surface area contributed by atoms with Crippen molar-refractivity contribution in [3.05, 3.63) is 182 Å². The fourth-order valence-electron chi connectivity index (χ4n) is 6.98. The van der Waals surface area contributed by atoms with Crippen molar-refractivity contribution >= 4 is 49.6 Å². The summed E-state index contributed by atoms with van der Waals surface area (Å²) in [6.45, 7) is 0. The fraction of sp³-hybridized carbons (Fsp3) is 0. The zero-order valence-corrected chi connectivity index (χ0v) is 25.2. The molecule has 0 radical (unpaired) electrons. The molecule has 46 heavy (non-hydrogen) atoms. The van der Waals surface area contributed by atoms with Crippen LogP contribution in [0.25, 0.3) is 60.5 Å². The molecule has 9 rings (SSSR count). The molecule has 0 saturated heterocycles. The molecular formula is C44H30N2. The van der Waals surface area contributed by atoms with Gasteiger partial charge in [-0.05, 0) is 93.7 Å². The minimum Gasteiger partial charge on any atom is -0.310 e. The Bertz CT molecular complexity index is 2370. The van der Waals surface area contributed by atoms with E-state index in [1.807, 2.05) is 0 Å². The van der Waals surface area contributed by atoms with Crippen LogP contribution in [0.5, 0.6) is 0 Å². The van der Waals surface area contributed by atoms with Gasteiger partial charge < -0.3 is 9.47 Å². The van der Waals surface area contributed by atoms with E-state index >= 15 is 0 Å². The fourth-order valence-corrected chi connectivity index (χ4v) is 6.98. The molecule has 2 heteroatoms. The van der Waals surface area contributed by atoms with Gasteiger partial charge in [-0.3, -0.25) is 0 Å². The van der Waals surface area contributed by atoms with Crippen molar-refractivity contribution in [3.63, 3.8) is 0 Å². The third-order valence-corrected chi connectivity index (χ3v) is 9.13. The Labute approximate surface area is 268 Å². The van der Waals surface area contributed by atoms with Crippen molar-refractivity contribution in [2.75, 3.05) is 4.90 Å². The van der Waals surface area contributed by atoms with E-state index in [0.717, 1.165) is 17.1 Å². The molecular weight excluding hydrogens is 556 g/mol. The molecule has 0 N–H and O–H groups in total. The maximum absolute atomic E-state index is 2.40. The first-order valence-electron chi connectivity index (χ1n) is 15.8. The molecule has 0 aliphatic rings. The predicted octanol–water partition coefficient (Wildman–Crippen LogP) is 12.2. The van der Waals surface area contributed by atoms with E-state index in [0.29, 0.717) is 0 Å². The first-order chi connectivity index (χ1) is 22.8. The average molecular weight is 587 g/mol. The zero-order chi connectivity index (χ0) is 30.5. The number of aromatic nitrogens is 1. The van der Waals surface area contributed by atoms with Crippen molar-refractivity contribution in [1.82, 2.24) is 4.57 Å². The molecule has 0 spiro atoms. The Morgan fingerprint density at radius 2 is 0.804 bits per heavy atom. The summed E-state index contributed by atoms with van der Waals surface area (Å²) in [5.41, 5.74) is 11.8. The maximum Gasteiger partial charge on any atom is 0.0547 e. The highest BCUT2D eigenvalue weighted by molar-refractivity contribution is 6.24. The number of rotatable bonds is 6. The number of para-hydroxylation sites is 1. The summed E-state index contributed by atoms with van der Waals surface area (Å²) in [5.74, 6) is 0. The van der Waals surface area contributed by atoms with Gasteiger partial charge in [-0.1, -0.05) is 121 Å². The largest absolute Gasteiger partial charge is 0.310 e. The van der Waals surface area contributed by atoms with Crippen molar-refractivity contribution < 1.29 is 0 Å². The minimum atomic E-state index is 1.12. The number of nitrogens with zero attached hydrogens (tertiary/aromatic N) is 2. The van der Waals surface area contributed by atoms with Crippen LogP contribution in [0.1, 0.15) is 0 Å². The molecule has 0 saturated carbocycles. The lowest BCUT2D eigenvalue weighted by Crippen LogP contribution is -2.09. The average Bonchev–Trinajstić information content (AvgIpc) is 3.48. The van der Waals surface area contributed by atoms with Crippen LogP contribution in [0, 0.1) is 0 Å².